The number of hydrogen-bond acceptors (Lipinski definition) is 3. The lowest BCUT2D eigenvalue weighted by molar-refractivity contribution is 0.575. The third-order valence-electron chi connectivity index (χ3n) is 3.10. The van der Waals surface area contributed by atoms with Crippen LogP contribution in [0, 0.1) is 0 Å². The lowest BCUT2D eigenvalue weighted by atomic mass is 10.3. The molecule has 0 radical (unpaired) electrons. The van der Waals surface area contributed by atoms with Crippen LogP contribution in [-0.4, -0.2) is 19.1 Å². The first-order valence-electron chi connectivity index (χ1n) is 6.11. The highest BCUT2D eigenvalue weighted by Gasteiger charge is 2.08. The molecule has 0 aliphatic rings. The van der Waals surface area contributed by atoms with Crippen molar-refractivity contribution in [3.05, 3.63) is 41.4 Å². The van der Waals surface area contributed by atoms with Crippen molar-refractivity contribution in [2.45, 2.75) is 19.5 Å². The molecule has 1 aromatic carbocycles. The number of aryl methyl sites for hydroxylation is 2. The van der Waals surface area contributed by atoms with Gasteiger partial charge in [-0.05, 0) is 24.6 Å². The molecule has 0 spiro atoms. The van der Waals surface area contributed by atoms with Crippen LogP contribution in [0.5, 0.6) is 0 Å². The summed E-state index contributed by atoms with van der Waals surface area (Å²) in [7, 11) is 0. The van der Waals surface area contributed by atoms with Crippen molar-refractivity contribution in [3.63, 3.8) is 0 Å². The lowest BCUT2D eigenvalue weighted by Crippen LogP contribution is -2.06. The van der Waals surface area contributed by atoms with Gasteiger partial charge in [0, 0.05) is 30.0 Å². The number of aromatic nitrogens is 4. The van der Waals surface area contributed by atoms with E-state index < -0.39 is 0 Å². The second-order valence-corrected chi connectivity index (χ2v) is 5.32. The molecule has 5 nitrogen and oxygen atoms in total. The Labute approximate surface area is 119 Å². The highest BCUT2D eigenvalue weighted by atomic mass is 79.9. The molecule has 0 saturated heterocycles. The topological polar surface area (TPSA) is 61.7 Å². The second kappa shape index (κ2) is 5.05. The van der Waals surface area contributed by atoms with Crippen LogP contribution in [0.3, 0.4) is 0 Å². The van der Waals surface area contributed by atoms with Crippen LogP contribution in [0.1, 0.15) is 6.42 Å². The summed E-state index contributed by atoms with van der Waals surface area (Å²) in [6, 6.07) is 6.00. The Morgan fingerprint density at radius 2 is 2.16 bits per heavy atom. The van der Waals surface area contributed by atoms with Crippen LogP contribution >= 0.6 is 15.9 Å². The van der Waals surface area contributed by atoms with Gasteiger partial charge < -0.3 is 14.9 Å². The first-order valence-corrected chi connectivity index (χ1v) is 6.90. The fourth-order valence-electron chi connectivity index (χ4n) is 2.18. The van der Waals surface area contributed by atoms with E-state index in [1.165, 1.54) is 0 Å². The Hall–Kier alpha value is -1.82. The Morgan fingerprint density at radius 3 is 2.95 bits per heavy atom. The largest absolute Gasteiger partial charge is 0.369 e. The minimum absolute atomic E-state index is 0.568. The first kappa shape index (κ1) is 12.2. The number of rotatable bonds is 4. The second-order valence-electron chi connectivity index (χ2n) is 4.41. The van der Waals surface area contributed by atoms with E-state index in [4.69, 9.17) is 5.73 Å². The number of anilines is 1. The van der Waals surface area contributed by atoms with Gasteiger partial charge in [0.25, 0.3) is 0 Å². The molecule has 19 heavy (non-hydrogen) atoms. The van der Waals surface area contributed by atoms with Crippen molar-refractivity contribution in [1.82, 2.24) is 19.1 Å². The fraction of sp³-hybridized carbons (Fsp3) is 0.231. The molecule has 3 aromatic rings. The smallest absolute Gasteiger partial charge is 0.201 e. The molecule has 2 N–H and O–H groups in total. The molecule has 0 saturated carbocycles. The Morgan fingerprint density at radius 1 is 1.26 bits per heavy atom. The van der Waals surface area contributed by atoms with Gasteiger partial charge in [-0.25, -0.2) is 9.97 Å². The maximum absolute atomic E-state index is 5.98. The summed E-state index contributed by atoms with van der Waals surface area (Å²) in [6.45, 7) is 1.77. The summed E-state index contributed by atoms with van der Waals surface area (Å²) in [5, 5.41) is 0. The molecule has 0 aliphatic heterocycles. The number of nitrogens with two attached hydrogens (primary N) is 1. The maximum Gasteiger partial charge on any atom is 0.201 e. The predicted molar refractivity (Wildman–Crippen MR) is 78.7 cm³/mol. The Bertz CT molecular complexity index is 686. The summed E-state index contributed by atoms with van der Waals surface area (Å²) in [6.07, 6.45) is 6.56. The van der Waals surface area contributed by atoms with Gasteiger partial charge in [-0.15, -0.1) is 0 Å². The molecule has 6 heteroatoms. The van der Waals surface area contributed by atoms with Gasteiger partial charge in [-0.1, -0.05) is 15.9 Å². The number of hydrogen-bond donors (Lipinski definition) is 1. The Balaban J connectivity index is 1.80. The van der Waals surface area contributed by atoms with E-state index in [1.807, 2.05) is 24.7 Å². The van der Waals surface area contributed by atoms with Crippen LogP contribution in [0.15, 0.2) is 41.4 Å². The van der Waals surface area contributed by atoms with E-state index >= 15 is 0 Å². The summed E-state index contributed by atoms with van der Waals surface area (Å²) >= 11 is 3.48. The van der Waals surface area contributed by atoms with Crippen molar-refractivity contribution in [1.29, 1.82) is 0 Å². The standard InChI is InChI=1S/C13H14BrN5/c14-10-2-3-11-12(8-10)19(13(15)17-11)6-1-5-18-7-4-16-9-18/h2-4,7-9H,1,5-6H2,(H2,15,17). The molecule has 3 rings (SSSR count). The van der Waals surface area contributed by atoms with E-state index in [0.717, 1.165) is 35.0 Å². The summed E-state index contributed by atoms with van der Waals surface area (Å²) in [5.74, 6) is 0.568. The van der Waals surface area contributed by atoms with Crippen molar-refractivity contribution >= 4 is 32.9 Å². The van der Waals surface area contributed by atoms with E-state index in [-0.39, 0.29) is 0 Å². The normalized spacial score (nSPS) is 11.2. The van der Waals surface area contributed by atoms with Crippen molar-refractivity contribution in [3.8, 4) is 0 Å². The summed E-state index contributed by atoms with van der Waals surface area (Å²) in [5.41, 5.74) is 7.98. The van der Waals surface area contributed by atoms with E-state index in [9.17, 15) is 0 Å². The van der Waals surface area contributed by atoms with Gasteiger partial charge in [0.2, 0.25) is 5.95 Å². The minimum atomic E-state index is 0.568. The number of imidazole rings is 2. The average Bonchev–Trinajstić information content (AvgIpc) is 2.99. The fourth-order valence-corrected chi connectivity index (χ4v) is 2.53. The molecular weight excluding hydrogens is 306 g/mol. The maximum atomic E-state index is 5.98. The zero-order valence-electron chi connectivity index (χ0n) is 10.3. The van der Waals surface area contributed by atoms with Crippen molar-refractivity contribution in [2.75, 3.05) is 5.73 Å². The molecule has 0 amide bonds. The molecule has 2 heterocycles. The lowest BCUT2D eigenvalue weighted by Gasteiger charge is -2.07. The van der Waals surface area contributed by atoms with Crippen LogP contribution in [0.4, 0.5) is 5.95 Å². The summed E-state index contributed by atoms with van der Waals surface area (Å²) in [4.78, 5) is 8.40. The van der Waals surface area contributed by atoms with Crippen LogP contribution < -0.4 is 5.73 Å². The molecule has 0 atom stereocenters. The van der Waals surface area contributed by atoms with Gasteiger partial charge in [0.1, 0.15) is 0 Å². The number of benzene rings is 1. The van der Waals surface area contributed by atoms with Gasteiger partial charge in [-0.3, -0.25) is 0 Å². The molecule has 98 valence electrons. The van der Waals surface area contributed by atoms with E-state index in [0.29, 0.717) is 5.95 Å². The molecule has 2 aromatic heterocycles. The molecule has 0 fully saturated rings. The van der Waals surface area contributed by atoms with Gasteiger partial charge in [0.15, 0.2) is 0 Å². The monoisotopic (exact) mass is 319 g/mol. The number of halogens is 1. The summed E-state index contributed by atoms with van der Waals surface area (Å²) < 4.78 is 5.15. The third-order valence-corrected chi connectivity index (χ3v) is 3.59. The van der Waals surface area contributed by atoms with Crippen molar-refractivity contribution < 1.29 is 0 Å². The van der Waals surface area contributed by atoms with Crippen LogP contribution in [-0.2, 0) is 13.1 Å². The highest BCUT2D eigenvalue weighted by Crippen LogP contribution is 2.22. The number of nitrogen functional groups attached to an aromatic ring is 1. The zero-order chi connectivity index (χ0) is 13.2. The van der Waals surface area contributed by atoms with Crippen LogP contribution in [0.25, 0.3) is 11.0 Å². The molecule has 0 unspecified atom stereocenters. The quantitative estimate of drug-likeness (QED) is 0.804. The van der Waals surface area contributed by atoms with Gasteiger partial charge in [0.05, 0.1) is 17.4 Å². The minimum Gasteiger partial charge on any atom is -0.369 e. The molecular formula is C13H14BrN5. The van der Waals surface area contributed by atoms with E-state index in [1.54, 1.807) is 6.20 Å². The van der Waals surface area contributed by atoms with Gasteiger partial charge >= 0.3 is 0 Å². The first-order chi connectivity index (χ1) is 9.24. The predicted octanol–water partition coefficient (Wildman–Crippen LogP) is 2.67. The number of fused-ring (bicyclic) bond motifs is 1. The Kier molecular flexibility index (Phi) is 3.25. The zero-order valence-corrected chi connectivity index (χ0v) is 11.9. The van der Waals surface area contributed by atoms with Gasteiger partial charge in [-0.2, -0.15) is 0 Å². The molecule has 0 aliphatic carbocycles. The van der Waals surface area contributed by atoms with Crippen LogP contribution in [0.2, 0.25) is 0 Å². The molecule has 0 bridgehead atoms. The SMILES string of the molecule is Nc1nc2ccc(Br)cc2n1CCCn1ccnc1. The number of nitrogens with zero attached hydrogens (tertiary/aromatic N) is 4. The van der Waals surface area contributed by atoms with Crippen molar-refractivity contribution in [2.24, 2.45) is 0 Å². The third kappa shape index (κ3) is 2.49. The highest BCUT2D eigenvalue weighted by molar-refractivity contribution is 9.10. The van der Waals surface area contributed by atoms with E-state index in [2.05, 4.69) is 41.1 Å². The average molecular weight is 320 g/mol.